The summed E-state index contributed by atoms with van der Waals surface area (Å²) in [4.78, 5) is 49.3. The Kier molecular flexibility index (Phi) is 45.4. The largest absolute Gasteiger partial charge is 0.466 e. The highest BCUT2D eigenvalue weighted by atomic mass is 32.2. The minimum atomic E-state index is -0.845. The Bertz CT molecular complexity index is 1560. The van der Waals surface area contributed by atoms with Gasteiger partial charge in [-0.3, -0.25) is 19.2 Å². The molecule has 0 aromatic rings. The standard InChI is InChI=1S/C59H115N3O16S2/c1-56(2,3)45-73-43-50(35-63)76-41-48(65)39-71-37-47(58(7,8)9)22-30-75-55(70)20-16-18-32-80-34-24-53(68)62-28-26-60-25-27-61-52(67)23-33-79-31-17-14-13-15-19-54(69)74-29-21-46(57(4,5)6)38-72-40-49(66)42-77-51(36-64)44-78-59(10,11)12/h46-51,60,63-66H,13-45H2,1-12H3,(H,61,67)(H,62,68). The van der Waals surface area contributed by atoms with Crippen molar-refractivity contribution in [1.82, 2.24) is 16.0 Å². The highest BCUT2D eigenvalue weighted by Crippen LogP contribution is 2.30. The van der Waals surface area contributed by atoms with Crippen LogP contribution in [-0.2, 0) is 57.1 Å². The van der Waals surface area contributed by atoms with E-state index in [9.17, 15) is 39.6 Å². The van der Waals surface area contributed by atoms with Gasteiger partial charge < -0.3 is 74.3 Å². The number of aliphatic hydroxyl groups excluding tert-OH is 4. The fourth-order valence-corrected chi connectivity index (χ4v) is 9.34. The first-order valence-corrected chi connectivity index (χ1v) is 31.8. The molecule has 6 atom stereocenters. The zero-order chi connectivity index (χ0) is 60.3. The van der Waals surface area contributed by atoms with E-state index in [0.717, 1.165) is 55.8 Å². The summed E-state index contributed by atoms with van der Waals surface area (Å²) < 4.78 is 45.3. The van der Waals surface area contributed by atoms with Crippen LogP contribution in [0.2, 0.25) is 0 Å². The van der Waals surface area contributed by atoms with Gasteiger partial charge in [-0.25, -0.2) is 0 Å². The summed E-state index contributed by atoms with van der Waals surface area (Å²) in [5, 5.41) is 49.0. The Morgan fingerprint density at radius 3 is 1.32 bits per heavy atom. The van der Waals surface area contributed by atoms with Gasteiger partial charge in [0.25, 0.3) is 0 Å². The third-order valence-corrected chi connectivity index (χ3v) is 14.8. The number of esters is 2. The zero-order valence-corrected chi connectivity index (χ0v) is 53.4. The SMILES string of the molecule is CC(C)(C)COCC(CO)OCC(O)COCC(CCOC(=O)CCCCSCCC(=O)NCCNCCNC(=O)CCSCCCCCCC(=O)OCCC(COCC(O)COC(CO)COC(C)(C)C)C(C)(C)C)C(C)(C)C. The number of amides is 2. The molecule has 0 saturated carbocycles. The van der Waals surface area contributed by atoms with Crippen molar-refractivity contribution in [2.45, 2.75) is 190 Å². The van der Waals surface area contributed by atoms with Crippen molar-refractivity contribution in [2.24, 2.45) is 28.1 Å². The van der Waals surface area contributed by atoms with Crippen molar-refractivity contribution >= 4 is 47.3 Å². The number of carbonyl (C=O) groups excluding carboxylic acids is 4. The summed E-state index contributed by atoms with van der Waals surface area (Å²) >= 11 is 3.46. The van der Waals surface area contributed by atoms with E-state index in [0.29, 0.717) is 103 Å². The molecule has 0 aliphatic rings. The average Bonchev–Trinajstić information content (AvgIpc) is 3.36. The smallest absolute Gasteiger partial charge is 0.305 e. The maximum absolute atomic E-state index is 12.4. The van der Waals surface area contributed by atoms with Crippen LogP contribution < -0.4 is 16.0 Å². The first-order chi connectivity index (χ1) is 37.6. The molecule has 0 rings (SSSR count). The quantitative estimate of drug-likeness (QED) is 0.0245. The molecule has 0 aliphatic carbocycles. The van der Waals surface area contributed by atoms with E-state index in [4.69, 9.17) is 37.9 Å². The zero-order valence-electron chi connectivity index (χ0n) is 51.8. The van der Waals surface area contributed by atoms with Crippen LogP contribution in [0.3, 0.4) is 0 Å². The molecule has 0 aromatic heterocycles. The lowest BCUT2D eigenvalue weighted by Gasteiger charge is -2.31. The number of aliphatic hydroxyl groups is 4. The second-order valence-corrected chi connectivity index (χ2v) is 27.5. The van der Waals surface area contributed by atoms with Crippen LogP contribution in [0.4, 0.5) is 0 Å². The molecule has 0 fully saturated rings. The topological polar surface area (TPSA) is 259 Å². The van der Waals surface area contributed by atoms with Gasteiger partial charge in [0, 0.05) is 63.4 Å². The molecule has 474 valence electrons. The van der Waals surface area contributed by atoms with E-state index < -0.39 is 24.4 Å². The second-order valence-electron chi connectivity index (χ2n) is 25.1. The van der Waals surface area contributed by atoms with Crippen molar-refractivity contribution in [3.8, 4) is 0 Å². The van der Waals surface area contributed by atoms with E-state index in [1.807, 2.05) is 20.8 Å². The minimum absolute atomic E-state index is 0.00173. The van der Waals surface area contributed by atoms with E-state index in [1.54, 1.807) is 23.5 Å². The molecule has 80 heavy (non-hydrogen) atoms. The maximum atomic E-state index is 12.4. The third-order valence-electron chi connectivity index (χ3n) is 12.7. The summed E-state index contributed by atoms with van der Waals surface area (Å²) in [6.45, 7) is 29.2. The first-order valence-electron chi connectivity index (χ1n) is 29.5. The van der Waals surface area contributed by atoms with Gasteiger partial charge in [0.1, 0.15) is 24.4 Å². The van der Waals surface area contributed by atoms with Gasteiger partial charge >= 0.3 is 11.9 Å². The Hall–Kier alpha value is -1.86. The number of carbonyl (C=O) groups is 4. The molecule has 0 aliphatic heterocycles. The van der Waals surface area contributed by atoms with Crippen molar-refractivity contribution in [3.05, 3.63) is 0 Å². The molecule has 21 heteroatoms. The summed E-state index contributed by atoms with van der Waals surface area (Å²) in [5.41, 5.74) is -0.518. The summed E-state index contributed by atoms with van der Waals surface area (Å²) in [6.07, 6.45) is 5.53. The lowest BCUT2D eigenvalue weighted by Crippen LogP contribution is -2.36. The molecular weight excluding hydrogens is 1070 g/mol. The summed E-state index contributed by atoms with van der Waals surface area (Å²) in [7, 11) is 0. The molecule has 0 spiro atoms. The van der Waals surface area contributed by atoms with Gasteiger partial charge in [0.05, 0.1) is 91.5 Å². The van der Waals surface area contributed by atoms with Gasteiger partial charge in [-0.1, -0.05) is 75.2 Å². The minimum Gasteiger partial charge on any atom is -0.466 e. The predicted octanol–water partition coefficient (Wildman–Crippen LogP) is 6.75. The maximum Gasteiger partial charge on any atom is 0.305 e. The third kappa shape index (κ3) is 49.6. The summed E-state index contributed by atoms with van der Waals surface area (Å²) in [5.74, 6) is 3.12. The highest BCUT2D eigenvalue weighted by molar-refractivity contribution is 7.99. The van der Waals surface area contributed by atoms with Crippen LogP contribution in [0.5, 0.6) is 0 Å². The van der Waals surface area contributed by atoms with Crippen molar-refractivity contribution in [2.75, 3.05) is 135 Å². The van der Waals surface area contributed by atoms with Gasteiger partial charge in [0.15, 0.2) is 0 Å². The molecule has 0 saturated heterocycles. The molecule has 0 bridgehead atoms. The number of unbranched alkanes of at least 4 members (excludes halogenated alkanes) is 4. The van der Waals surface area contributed by atoms with Crippen LogP contribution in [0, 0.1) is 28.1 Å². The molecule has 19 nitrogen and oxygen atoms in total. The van der Waals surface area contributed by atoms with Gasteiger partial charge in [-0.15, -0.1) is 0 Å². The van der Waals surface area contributed by atoms with Crippen LogP contribution in [0.15, 0.2) is 0 Å². The molecule has 2 amide bonds. The molecule has 0 aromatic carbocycles. The van der Waals surface area contributed by atoms with E-state index >= 15 is 0 Å². The van der Waals surface area contributed by atoms with Gasteiger partial charge in [0.2, 0.25) is 11.8 Å². The van der Waals surface area contributed by atoms with E-state index in [1.165, 1.54) is 0 Å². The number of ether oxygens (including phenoxy) is 8. The monoisotopic (exact) mass is 1190 g/mol. The van der Waals surface area contributed by atoms with Crippen molar-refractivity contribution < 1.29 is 77.5 Å². The number of hydrogen-bond acceptors (Lipinski definition) is 19. The number of nitrogens with one attached hydrogen (secondary N) is 3. The molecule has 0 radical (unpaired) electrons. The normalized spacial score (nSPS) is 14.8. The Labute approximate surface area is 492 Å². The first kappa shape index (κ1) is 78.1. The van der Waals surface area contributed by atoms with Gasteiger partial charge in [-0.05, 0) is 98.9 Å². The second kappa shape index (κ2) is 46.4. The van der Waals surface area contributed by atoms with Crippen molar-refractivity contribution in [1.29, 1.82) is 0 Å². The molecule has 7 N–H and O–H groups in total. The average molecular weight is 1190 g/mol. The fourth-order valence-electron chi connectivity index (χ4n) is 7.45. The Morgan fingerprint density at radius 2 is 0.900 bits per heavy atom. The molecular formula is C59H115N3O16S2. The lowest BCUT2D eigenvalue weighted by molar-refractivity contribution is -0.145. The summed E-state index contributed by atoms with van der Waals surface area (Å²) in [6, 6.07) is 0. The highest BCUT2D eigenvalue weighted by Gasteiger charge is 2.27. The predicted molar refractivity (Wildman–Crippen MR) is 320 cm³/mol. The number of thioether (sulfide) groups is 2. The number of rotatable bonds is 51. The van der Waals surface area contributed by atoms with E-state index in [2.05, 4.69) is 78.3 Å². The van der Waals surface area contributed by atoms with Crippen LogP contribution in [0.25, 0.3) is 0 Å². The number of hydrogen-bond donors (Lipinski definition) is 7. The Morgan fingerprint density at radius 1 is 0.475 bits per heavy atom. The van der Waals surface area contributed by atoms with Gasteiger partial charge in [-0.2, -0.15) is 23.5 Å². The molecule has 0 heterocycles. The van der Waals surface area contributed by atoms with Crippen molar-refractivity contribution in [3.63, 3.8) is 0 Å². The van der Waals surface area contributed by atoms with Crippen LogP contribution in [-0.4, -0.2) is 209 Å². The van der Waals surface area contributed by atoms with E-state index in [-0.39, 0.29) is 110 Å². The fraction of sp³-hybridized carbons (Fsp3) is 0.932. The lowest BCUT2D eigenvalue weighted by atomic mass is 9.79. The van der Waals surface area contributed by atoms with Crippen LogP contribution in [0.1, 0.15) is 160 Å². The van der Waals surface area contributed by atoms with Crippen LogP contribution >= 0.6 is 23.5 Å². The Balaban J connectivity index is 3.86. The molecule has 6 unspecified atom stereocenters.